The largest absolute Gasteiger partial charge is 0.368 e. The maximum absolute atomic E-state index is 14.5. The van der Waals surface area contributed by atoms with Crippen molar-refractivity contribution in [3.63, 3.8) is 0 Å². The Labute approximate surface area is 169 Å². The second kappa shape index (κ2) is 8.39. The number of halogens is 1. The number of hydrogen-bond acceptors (Lipinski definition) is 4. The summed E-state index contributed by atoms with van der Waals surface area (Å²) in [5, 5.41) is 0. The molecule has 0 bridgehead atoms. The number of aromatic nitrogens is 2. The summed E-state index contributed by atoms with van der Waals surface area (Å²) >= 11 is 0. The number of anilines is 1. The van der Waals surface area contributed by atoms with Crippen molar-refractivity contribution in [1.82, 2.24) is 14.9 Å². The number of rotatable bonds is 4. The van der Waals surface area contributed by atoms with E-state index in [1.165, 1.54) is 6.07 Å². The molecule has 1 atom stereocenters. The molecule has 0 aliphatic carbocycles. The zero-order valence-corrected chi connectivity index (χ0v) is 16.1. The Hall–Kier alpha value is -3.28. The zero-order valence-electron chi connectivity index (χ0n) is 16.1. The van der Waals surface area contributed by atoms with Crippen molar-refractivity contribution in [3.05, 3.63) is 77.9 Å². The lowest BCUT2D eigenvalue weighted by Crippen LogP contribution is -2.40. The molecule has 2 heterocycles. The van der Waals surface area contributed by atoms with Gasteiger partial charge >= 0.3 is 0 Å². The van der Waals surface area contributed by atoms with Gasteiger partial charge in [0.05, 0.1) is 18.2 Å². The average Bonchev–Trinajstić information content (AvgIpc) is 2.75. The SMILES string of the molecule is Nc1ncc(-c2ccccc2F)c([C@H]2CCCCN2C(=O)Cc2ccccc2)n1. The van der Waals surface area contributed by atoms with Gasteiger partial charge in [-0.05, 0) is 30.9 Å². The lowest BCUT2D eigenvalue weighted by atomic mass is 9.93. The highest BCUT2D eigenvalue weighted by molar-refractivity contribution is 5.80. The highest BCUT2D eigenvalue weighted by atomic mass is 19.1. The summed E-state index contributed by atoms with van der Waals surface area (Å²) in [4.78, 5) is 23.5. The predicted molar refractivity (Wildman–Crippen MR) is 110 cm³/mol. The fourth-order valence-corrected chi connectivity index (χ4v) is 3.94. The van der Waals surface area contributed by atoms with E-state index in [1.54, 1.807) is 24.4 Å². The molecule has 4 rings (SSSR count). The molecule has 3 aromatic rings. The van der Waals surface area contributed by atoms with E-state index in [-0.39, 0.29) is 23.7 Å². The van der Waals surface area contributed by atoms with E-state index in [0.29, 0.717) is 29.8 Å². The van der Waals surface area contributed by atoms with E-state index in [2.05, 4.69) is 9.97 Å². The minimum absolute atomic E-state index is 0.0394. The van der Waals surface area contributed by atoms with Crippen LogP contribution in [0.1, 0.15) is 36.6 Å². The van der Waals surface area contributed by atoms with Gasteiger partial charge in [0.2, 0.25) is 11.9 Å². The van der Waals surface area contributed by atoms with Crippen LogP contribution in [-0.2, 0) is 11.2 Å². The van der Waals surface area contributed by atoms with E-state index in [0.717, 1.165) is 24.8 Å². The van der Waals surface area contributed by atoms with E-state index in [9.17, 15) is 9.18 Å². The Balaban J connectivity index is 1.71. The predicted octanol–water partition coefficient (Wildman–Crippen LogP) is 4.16. The quantitative estimate of drug-likeness (QED) is 0.726. The first-order valence-corrected chi connectivity index (χ1v) is 9.84. The molecule has 5 nitrogen and oxygen atoms in total. The molecular formula is C23H23FN4O. The van der Waals surface area contributed by atoms with E-state index >= 15 is 0 Å². The monoisotopic (exact) mass is 390 g/mol. The second-order valence-electron chi connectivity index (χ2n) is 7.27. The number of likely N-dealkylation sites (tertiary alicyclic amines) is 1. The number of amides is 1. The number of hydrogen-bond donors (Lipinski definition) is 1. The van der Waals surface area contributed by atoms with Gasteiger partial charge in [-0.1, -0.05) is 48.5 Å². The van der Waals surface area contributed by atoms with Gasteiger partial charge < -0.3 is 10.6 Å². The number of nitrogens with zero attached hydrogens (tertiary/aromatic N) is 3. The number of nitrogens with two attached hydrogens (primary N) is 1. The van der Waals surface area contributed by atoms with E-state index in [4.69, 9.17) is 5.73 Å². The van der Waals surface area contributed by atoms with Crippen molar-refractivity contribution in [2.75, 3.05) is 12.3 Å². The molecule has 1 fully saturated rings. The smallest absolute Gasteiger partial charge is 0.227 e. The van der Waals surface area contributed by atoms with Crippen molar-refractivity contribution in [1.29, 1.82) is 0 Å². The molecule has 2 N–H and O–H groups in total. The van der Waals surface area contributed by atoms with Crippen molar-refractivity contribution in [3.8, 4) is 11.1 Å². The van der Waals surface area contributed by atoms with Crippen LogP contribution in [0.2, 0.25) is 0 Å². The van der Waals surface area contributed by atoms with Crippen molar-refractivity contribution in [2.24, 2.45) is 0 Å². The molecule has 1 saturated heterocycles. The van der Waals surface area contributed by atoms with Gasteiger partial charge in [-0.15, -0.1) is 0 Å². The molecular weight excluding hydrogens is 367 g/mol. The minimum Gasteiger partial charge on any atom is -0.368 e. The Bertz CT molecular complexity index is 1010. The van der Waals surface area contributed by atoms with Crippen LogP contribution >= 0.6 is 0 Å². The number of carbonyl (C=O) groups is 1. The highest BCUT2D eigenvalue weighted by Crippen LogP contribution is 2.37. The van der Waals surface area contributed by atoms with Crippen LogP contribution in [0.5, 0.6) is 0 Å². The van der Waals surface area contributed by atoms with Crippen molar-refractivity contribution >= 4 is 11.9 Å². The molecule has 29 heavy (non-hydrogen) atoms. The van der Waals surface area contributed by atoms with Crippen molar-refractivity contribution in [2.45, 2.75) is 31.7 Å². The maximum atomic E-state index is 14.5. The van der Waals surface area contributed by atoms with Crippen LogP contribution in [-0.4, -0.2) is 27.3 Å². The summed E-state index contributed by atoms with van der Waals surface area (Å²) in [6.45, 7) is 0.650. The number of piperidine rings is 1. The number of benzene rings is 2. The van der Waals surface area contributed by atoms with Crippen LogP contribution < -0.4 is 5.73 Å². The summed E-state index contributed by atoms with van der Waals surface area (Å²) in [6, 6.07) is 16.0. The molecule has 0 unspecified atom stereocenters. The maximum Gasteiger partial charge on any atom is 0.227 e. The van der Waals surface area contributed by atoms with Gasteiger partial charge in [0, 0.05) is 23.9 Å². The normalized spacial score (nSPS) is 16.6. The second-order valence-corrected chi connectivity index (χ2v) is 7.27. The summed E-state index contributed by atoms with van der Waals surface area (Å²) < 4.78 is 14.5. The molecule has 0 radical (unpaired) electrons. The van der Waals surface area contributed by atoms with Crippen LogP contribution in [0.4, 0.5) is 10.3 Å². The molecule has 1 aliphatic rings. The van der Waals surface area contributed by atoms with Gasteiger partial charge in [0.15, 0.2) is 0 Å². The summed E-state index contributed by atoms with van der Waals surface area (Å²) in [7, 11) is 0. The number of carbonyl (C=O) groups excluding carboxylic acids is 1. The lowest BCUT2D eigenvalue weighted by molar-refractivity contribution is -0.134. The van der Waals surface area contributed by atoms with Gasteiger partial charge in [0.25, 0.3) is 0 Å². The standard InChI is InChI=1S/C23H23FN4O/c24-19-11-5-4-10-17(19)18-15-26-23(25)27-22(18)20-12-6-7-13-28(20)21(29)14-16-8-2-1-3-9-16/h1-5,8-11,15,20H,6-7,12-14H2,(H2,25,26,27)/t20-/m1/s1. The Morgan fingerprint density at radius 3 is 2.62 bits per heavy atom. The average molecular weight is 390 g/mol. The van der Waals surface area contributed by atoms with Crippen molar-refractivity contribution < 1.29 is 9.18 Å². The molecule has 1 amide bonds. The fraction of sp³-hybridized carbons (Fsp3) is 0.261. The van der Waals surface area contributed by atoms with Gasteiger partial charge in [-0.25, -0.2) is 14.4 Å². The zero-order chi connectivity index (χ0) is 20.2. The third-order valence-corrected chi connectivity index (χ3v) is 5.34. The van der Waals surface area contributed by atoms with Gasteiger partial charge in [-0.2, -0.15) is 0 Å². The highest BCUT2D eigenvalue weighted by Gasteiger charge is 2.31. The fourth-order valence-electron chi connectivity index (χ4n) is 3.94. The Morgan fingerprint density at radius 1 is 1.07 bits per heavy atom. The van der Waals surface area contributed by atoms with Crippen LogP contribution in [0.25, 0.3) is 11.1 Å². The van der Waals surface area contributed by atoms with Gasteiger partial charge in [0.1, 0.15) is 5.82 Å². The third-order valence-electron chi connectivity index (χ3n) is 5.34. The lowest BCUT2D eigenvalue weighted by Gasteiger charge is -2.36. The first-order valence-electron chi connectivity index (χ1n) is 9.84. The molecule has 6 heteroatoms. The molecule has 2 aromatic carbocycles. The van der Waals surface area contributed by atoms with Gasteiger partial charge in [-0.3, -0.25) is 4.79 Å². The van der Waals surface area contributed by atoms with E-state index < -0.39 is 0 Å². The topological polar surface area (TPSA) is 72.1 Å². The first-order chi connectivity index (χ1) is 14.1. The molecule has 148 valence electrons. The van der Waals surface area contributed by atoms with Crippen LogP contribution in [0.3, 0.4) is 0 Å². The van der Waals surface area contributed by atoms with Crippen LogP contribution in [0.15, 0.2) is 60.8 Å². The van der Waals surface area contributed by atoms with E-state index in [1.807, 2.05) is 35.2 Å². The Kier molecular flexibility index (Phi) is 5.51. The van der Waals surface area contributed by atoms with Crippen LogP contribution in [0, 0.1) is 5.82 Å². The minimum atomic E-state index is -0.347. The molecule has 1 aromatic heterocycles. The molecule has 0 saturated carbocycles. The third kappa shape index (κ3) is 4.11. The molecule has 0 spiro atoms. The number of nitrogen functional groups attached to an aromatic ring is 1. The summed E-state index contributed by atoms with van der Waals surface area (Å²) in [5.74, 6) is -0.182. The summed E-state index contributed by atoms with van der Waals surface area (Å²) in [5.41, 5.74) is 8.47. The molecule has 1 aliphatic heterocycles. The Morgan fingerprint density at radius 2 is 1.83 bits per heavy atom. The summed E-state index contributed by atoms with van der Waals surface area (Å²) in [6.07, 6.45) is 4.56. The first kappa shape index (κ1) is 19.1.